The molecule has 1 atom stereocenters. The highest BCUT2D eigenvalue weighted by molar-refractivity contribution is 5.30. The number of nitrogens with one attached hydrogen (secondary N) is 1. The van der Waals surface area contributed by atoms with Crippen LogP contribution in [0.4, 0.5) is 0 Å². The Morgan fingerprint density at radius 3 is 2.43 bits per heavy atom. The molecule has 1 aliphatic carbocycles. The van der Waals surface area contributed by atoms with Crippen molar-refractivity contribution in [2.45, 2.75) is 45.3 Å². The molecule has 4 nitrogen and oxygen atoms in total. The Labute approximate surface area is 125 Å². The van der Waals surface area contributed by atoms with Crippen molar-refractivity contribution < 1.29 is 0 Å². The maximum Gasteiger partial charge on any atom is 0.328 e. The molecule has 1 fully saturated rings. The van der Waals surface area contributed by atoms with Gasteiger partial charge < -0.3 is 5.32 Å². The van der Waals surface area contributed by atoms with E-state index in [2.05, 4.69) is 37.4 Å². The molecule has 0 bridgehead atoms. The van der Waals surface area contributed by atoms with Crippen molar-refractivity contribution in [2.24, 2.45) is 0 Å². The summed E-state index contributed by atoms with van der Waals surface area (Å²) in [6.07, 6.45) is 6.11. The third-order valence-corrected chi connectivity index (χ3v) is 4.19. The third kappa shape index (κ3) is 2.95. The Balaban J connectivity index is 1.85. The van der Waals surface area contributed by atoms with Crippen LogP contribution < -0.4 is 11.0 Å². The molecule has 1 aliphatic rings. The van der Waals surface area contributed by atoms with Gasteiger partial charge in [-0.05, 0) is 39.3 Å². The van der Waals surface area contributed by atoms with Gasteiger partial charge >= 0.3 is 5.69 Å². The van der Waals surface area contributed by atoms with Crippen LogP contribution in [-0.4, -0.2) is 16.2 Å². The van der Waals surface area contributed by atoms with E-state index in [9.17, 15) is 4.79 Å². The molecule has 1 saturated carbocycles. The number of aromatic nitrogens is 2. The largest absolute Gasteiger partial charge is 0.328 e. The molecule has 0 spiro atoms. The van der Waals surface area contributed by atoms with E-state index in [1.165, 1.54) is 16.7 Å². The van der Waals surface area contributed by atoms with Gasteiger partial charge in [-0.15, -0.1) is 0 Å². The van der Waals surface area contributed by atoms with Gasteiger partial charge in [-0.3, -0.25) is 9.13 Å². The zero-order valence-electron chi connectivity index (χ0n) is 13.0. The average molecular weight is 285 g/mol. The van der Waals surface area contributed by atoms with Crippen LogP contribution in [0, 0.1) is 13.8 Å². The lowest BCUT2D eigenvalue weighted by atomic mass is 10.0. The molecule has 4 heteroatoms. The first-order chi connectivity index (χ1) is 10.1. The second-order valence-corrected chi connectivity index (χ2v) is 6.13. The maximum absolute atomic E-state index is 12.4. The van der Waals surface area contributed by atoms with E-state index in [4.69, 9.17) is 0 Å². The number of hydrogen-bond acceptors (Lipinski definition) is 2. The average Bonchev–Trinajstić information content (AvgIpc) is 3.20. The summed E-state index contributed by atoms with van der Waals surface area (Å²) >= 11 is 0. The molecule has 112 valence electrons. The Morgan fingerprint density at radius 2 is 1.86 bits per heavy atom. The van der Waals surface area contributed by atoms with E-state index in [0.717, 1.165) is 12.8 Å². The van der Waals surface area contributed by atoms with E-state index < -0.39 is 0 Å². The Hall–Kier alpha value is -1.81. The number of imidazole rings is 1. The highest BCUT2D eigenvalue weighted by Gasteiger charge is 2.26. The minimum Gasteiger partial charge on any atom is -0.312 e. The van der Waals surface area contributed by atoms with Crippen LogP contribution in [0.5, 0.6) is 0 Å². The molecule has 0 amide bonds. The third-order valence-electron chi connectivity index (χ3n) is 4.19. The maximum atomic E-state index is 12.4. The van der Waals surface area contributed by atoms with Gasteiger partial charge in [-0.2, -0.15) is 0 Å². The summed E-state index contributed by atoms with van der Waals surface area (Å²) < 4.78 is 3.69. The van der Waals surface area contributed by atoms with E-state index in [0.29, 0.717) is 12.6 Å². The van der Waals surface area contributed by atoms with E-state index in [1.54, 1.807) is 0 Å². The number of nitrogens with zero attached hydrogens (tertiary/aromatic N) is 2. The quantitative estimate of drug-likeness (QED) is 0.917. The topological polar surface area (TPSA) is 39.0 Å². The van der Waals surface area contributed by atoms with Crippen molar-refractivity contribution in [1.82, 2.24) is 14.5 Å². The van der Waals surface area contributed by atoms with Gasteiger partial charge in [0.15, 0.2) is 0 Å². The lowest BCUT2D eigenvalue weighted by Gasteiger charge is -2.18. The molecule has 1 aromatic heterocycles. The molecule has 1 unspecified atom stereocenters. The number of benzene rings is 1. The molecule has 1 heterocycles. The van der Waals surface area contributed by atoms with Gasteiger partial charge in [-0.25, -0.2) is 4.79 Å². The van der Waals surface area contributed by atoms with Crippen molar-refractivity contribution in [2.75, 3.05) is 7.05 Å². The monoisotopic (exact) mass is 285 g/mol. The summed E-state index contributed by atoms with van der Waals surface area (Å²) in [4.78, 5) is 12.4. The molecule has 0 saturated heterocycles. The molecule has 0 aliphatic heterocycles. The summed E-state index contributed by atoms with van der Waals surface area (Å²) in [5.41, 5.74) is 3.87. The summed E-state index contributed by atoms with van der Waals surface area (Å²) in [6, 6.07) is 7.14. The Morgan fingerprint density at radius 1 is 1.19 bits per heavy atom. The fraction of sp³-hybridized carbons (Fsp3) is 0.471. The van der Waals surface area contributed by atoms with Crippen LogP contribution in [0.2, 0.25) is 0 Å². The van der Waals surface area contributed by atoms with Crippen LogP contribution in [-0.2, 0) is 6.54 Å². The van der Waals surface area contributed by atoms with Crippen LogP contribution in [0.1, 0.15) is 41.6 Å². The van der Waals surface area contributed by atoms with Crippen molar-refractivity contribution in [1.29, 1.82) is 0 Å². The van der Waals surface area contributed by atoms with Crippen LogP contribution in [0.15, 0.2) is 35.4 Å². The first-order valence-electron chi connectivity index (χ1n) is 7.61. The fourth-order valence-corrected chi connectivity index (χ4v) is 2.97. The molecule has 1 aromatic carbocycles. The Kier molecular flexibility index (Phi) is 3.72. The van der Waals surface area contributed by atoms with Crippen molar-refractivity contribution in [3.05, 3.63) is 57.8 Å². The van der Waals surface area contributed by atoms with Gasteiger partial charge in [0.1, 0.15) is 0 Å². The normalized spacial score (nSPS) is 16.1. The van der Waals surface area contributed by atoms with Gasteiger partial charge in [0.05, 0.1) is 6.04 Å². The van der Waals surface area contributed by atoms with Crippen molar-refractivity contribution in [3.8, 4) is 0 Å². The highest BCUT2D eigenvalue weighted by atomic mass is 16.1. The lowest BCUT2D eigenvalue weighted by molar-refractivity contribution is 0.483. The van der Waals surface area contributed by atoms with Gasteiger partial charge in [0.25, 0.3) is 0 Å². The van der Waals surface area contributed by atoms with Crippen LogP contribution in [0.3, 0.4) is 0 Å². The highest BCUT2D eigenvalue weighted by Crippen LogP contribution is 2.33. The van der Waals surface area contributed by atoms with Gasteiger partial charge in [0.2, 0.25) is 0 Å². The Bertz CT molecular complexity index is 674. The number of likely N-dealkylation sites (N-methyl/N-ethyl adjacent to an activating group) is 1. The second-order valence-electron chi connectivity index (χ2n) is 6.13. The fourth-order valence-electron chi connectivity index (χ4n) is 2.97. The summed E-state index contributed by atoms with van der Waals surface area (Å²) in [5, 5.41) is 3.33. The smallest absolute Gasteiger partial charge is 0.312 e. The predicted octanol–water partition coefficient (Wildman–Crippen LogP) is 2.56. The minimum absolute atomic E-state index is 0.113. The number of rotatable bonds is 5. The zero-order chi connectivity index (χ0) is 15.0. The summed E-state index contributed by atoms with van der Waals surface area (Å²) in [6.45, 7) is 4.88. The standard InChI is InChI=1S/C17H23N3O/c1-12-8-13(2)10-14(9-12)16(18-3)11-19-6-7-20(17(19)21)15-4-5-15/h6-10,15-16,18H,4-5,11H2,1-3H3. The van der Waals surface area contributed by atoms with Crippen molar-refractivity contribution in [3.63, 3.8) is 0 Å². The number of hydrogen-bond donors (Lipinski definition) is 1. The van der Waals surface area contributed by atoms with Gasteiger partial charge in [-0.1, -0.05) is 29.3 Å². The minimum atomic E-state index is 0.113. The molecule has 0 radical (unpaired) electrons. The van der Waals surface area contributed by atoms with Crippen molar-refractivity contribution >= 4 is 0 Å². The molecule has 2 aromatic rings. The van der Waals surface area contributed by atoms with Gasteiger partial charge in [0, 0.05) is 25.0 Å². The number of aryl methyl sites for hydroxylation is 2. The predicted molar refractivity (Wildman–Crippen MR) is 84.7 cm³/mol. The molecule has 21 heavy (non-hydrogen) atoms. The SMILES string of the molecule is CNC(Cn1ccn(C2CC2)c1=O)c1cc(C)cc(C)c1. The molecular formula is C17H23N3O. The van der Waals surface area contributed by atoms with Crippen LogP contribution >= 0.6 is 0 Å². The van der Waals surface area contributed by atoms with E-state index in [1.807, 2.05) is 28.6 Å². The molecular weight excluding hydrogens is 262 g/mol. The van der Waals surface area contributed by atoms with E-state index in [-0.39, 0.29) is 11.7 Å². The molecule has 1 N–H and O–H groups in total. The summed E-state index contributed by atoms with van der Waals surface area (Å²) in [7, 11) is 1.95. The zero-order valence-corrected chi connectivity index (χ0v) is 13.0. The van der Waals surface area contributed by atoms with Crippen LogP contribution in [0.25, 0.3) is 0 Å². The second kappa shape index (κ2) is 5.53. The summed E-state index contributed by atoms with van der Waals surface area (Å²) in [5.74, 6) is 0. The first kappa shape index (κ1) is 14.1. The van der Waals surface area contributed by atoms with E-state index >= 15 is 0 Å². The molecule has 3 rings (SSSR count). The lowest BCUT2D eigenvalue weighted by Crippen LogP contribution is -2.29. The first-order valence-corrected chi connectivity index (χ1v) is 7.61.